The Bertz CT molecular complexity index is 497. The number of ether oxygens (including phenoxy) is 2. The molecule has 1 aromatic carbocycles. The maximum absolute atomic E-state index is 11.7. The van der Waals surface area contributed by atoms with Crippen molar-refractivity contribution in [2.24, 2.45) is 0 Å². The van der Waals surface area contributed by atoms with E-state index in [1.807, 2.05) is 32.0 Å². The van der Waals surface area contributed by atoms with Gasteiger partial charge in [0.15, 0.2) is 0 Å². The lowest BCUT2D eigenvalue weighted by molar-refractivity contribution is 0.00453. The summed E-state index contributed by atoms with van der Waals surface area (Å²) in [7, 11) is 0. The van der Waals surface area contributed by atoms with Crippen LogP contribution < -0.4 is 10.1 Å². The van der Waals surface area contributed by atoms with Crippen LogP contribution in [0.5, 0.6) is 5.75 Å². The fourth-order valence-corrected chi connectivity index (χ4v) is 2.65. The molecule has 1 aliphatic rings. The molecule has 0 aliphatic carbocycles. The molecule has 0 saturated carbocycles. The number of anilines is 1. The third-order valence-corrected chi connectivity index (χ3v) is 3.97. The number of carbonyl (C=O) groups excluding carboxylic acids is 1. The lowest BCUT2D eigenvalue weighted by Crippen LogP contribution is -2.38. The number of aliphatic hydroxyl groups excluding tert-OH is 1. The first-order valence-corrected chi connectivity index (χ1v) is 7.53. The fourth-order valence-electron chi connectivity index (χ4n) is 2.65. The molecular formula is C16H23NO4. The number of amides is 1. The number of nitrogens with one attached hydrogen (secondary N) is 1. The molecule has 1 amide bonds. The predicted molar refractivity (Wildman–Crippen MR) is 80.6 cm³/mol. The number of carbonyl (C=O) groups is 1. The van der Waals surface area contributed by atoms with E-state index < -0.39 is 11.7 Å². The van der Waals surface area contributed by atoms with Crippen LogP contribution in [0.25, 0.3) is 0 Å². The van der Waals surface area contributed by atoms with E-state index in [1.54, 1.807) is 0 Å². The number of benzene rings is 1. The number of hydrogen-bond donors (Lipinski definition) is 2. The Labute approximate surface area is 125 Å². The van der Waals surface area contributed by atoms with Crippen LogP contribution >= 0.6 is 0 Å². The van der Waals surface area contributed by atoms with Crippen molar-refractivity contribution in [3.05, 3.63) is 23.8 Å². The summed E-state index contributed by atoms with van der Waals surface area (Å²) < 4.78 is 11.3. The first-order chi connectivity index (χ1) is 10.1. The highest BCUT2D eigenvalue weighted by atomic mass is 16.6. The van der Waals surface area contributed by atoms with Crippen molar-refractivity contribution >= 4 is 11.8 Å². The lowest BCUT2D eigenvalue weighted by Gasteiger charge is -2.37. The maximum Gasteiger partial charge on any atom is 0.412 e. The summed E-state index contributed by atoms with van der Waals surface area (Å²) in [6, 6.07) is 5.65. The number of unbranched alkanes of at least 4 members (excludes halogenated alkanes) is 1. The van der Waals surface area contributed by atoms with Gasteiger partial charge in [0.2, 0.25) is 0 Å². The van der Waals surface area contributed by atoms with Gasteiger partial charge in [0.1, 0.15) is 11.4 Å². The molecule has 2 N–H and O–H groups in total. The van der Waals surface area contributed by atoms with Gasteiger partial charge in [-0.25, -0.2) is 4.79 Å². The van der Waals surface area contributed by atoms with Crippen molar-refractivity contribution < 1.29 is 19.4 Å². The molecule has 0 saturated heterocycles. The molecular weight excluding hydrogens is 270 g/mol. The third kappa shape index (κ3) is 3.29. The van der Waals surface area contributed by atoms with E-state index in [4.69, 9.17) is 14.6 Å². The highest BCUT2D eigenvalue weighted by Crippen LogP contribution is 2.42. The predicted octanol–water partition coefficient (Wildman–Crippen LogP) is 3.42. The zero-order chi connectivity index (χ0) is 15.3. The smallest absolute Gasteiger partial charge is 0.412 e. The molecule has 0 fully saturated rings. The van der Waals surface area contributed by atoms with Crippen molar-refractivity contribution in [3.63, 3.8) is 0 Å². The second kappa shape index (κ2) is 6.80. The summed E-state index contributed by atoms with van der Waals surface area (Å²) in [5.74, 6) is 0.762. The Balaban J connectivity index is 2.22. The third-order valence-electron chi connectivity index (χ3n) is 3.97. The van der Waals surface area contributed by atoms with Crippen LogP contribution in [0.3, 0.4) is 0 Å². The van der Waals surface area contributed by atoms with Crippen molar-refractivity contribution in [2.75, 3.05) is 18.5 Å². The SMILES string of the molecule is CCC1(CC)OC(=O)Nc2ccc(OCCCCO)cc21. The molecule has 1 heterocycles. The van der Waals surface area contributed by atoms with Crippen molar-refractivity contribution in [3.8, 4) is 5.75 Å². The van der Waals surface area contributed by atoms with Gasteiger partial charge in [-0.1, -0.05) is 13.8 Å². The van der Waals surface area contributed by atoms with Crippen LogP contribution in [0.15, 0.2) is 18.2 Å². The van der Waals surface area contributed by atoms with Crippen LogP contribution in [0.4, 0.5) is 10.5 Å². The van der Waals surface area contributed by atoms with E-state index in [0.29, 0.717) is 6.61 Å². The molecule has 0 spiro atoms. The monoisotopic (exact) mass is 293 g/mol. The van der Waals surface area contributed by atoms with E-state index >= 15 is 0 Å². The molecule has 0 atom stereocenters. The summed E-state index contributed by atoms with van der Waals surface area (Å²) in [6.07, 6.45) is 2.59. The number of rotatable bonds is 7. The minimum atomic E-state index is -0.581. The number of cyclic esters (lactones) is 1. The molecule has 0 radical (unpaired) electrons. The zero-order valence-corrected chi connectivity index (χ0v) is 12.6. The molecule has 2 rings (SSSR count). The van der Waals surface area contributed by atoms with Crippen LogP contribution in [-0.4, -0.2) is 24.4 Å². The van der Waals surface area contributed by atoms with E-state index in [1.165, 1.54) is 0 Å². The average Bonchev–Trinajstić information content (AvgIpc) is 2.51. The van der Waals surface area contributed by atoms with Crippen molar-refractivity contribution in [1.82, 2.24) is 0 Å². The molecule has 5 heteroatoms. The van der Waals surface area contributed by atoms with Gasteiger partial charge >= 0.3 is 6.09 Å². The van der Waals surface area contributed by atoms with Gasteiger partial charge in [-0.05, 0) is 43.9 Å². The molecule has 5 nitrogen and oxygen atoms in total. The molecule has 0 bridgehead atoms. The van der Waals surface area contributed by atoms with E-state index in [2.05, 4.69) is 5.32 Å². The van der Waals surface area contributed by atoms with Crippen LogP contribution in [0.1, 0.15) is 45.1 Å². The molecule has 116 valence electrons. The Morgan fingerprint density at radius 2 is 2.05 bits per heavy atom. The van der Waals surface area contributed by atoms with Crippen LogP contribution in [0, 0.1) is 0 Å². The minimum Gasteiger partial charge on any atom is -0.494 e. The summed E-state index contributed by atoms with van der Waals surface area (Å²) >= 11 is 0. The minimum absolute atomic E-state index is 0.183. The Kier molecular flexibility index (Phi) is 5.07. The Morgan fingerprint density at radius 3 is 2.71 bits per heavy atom. The van der Waals surface area contributed by atoms with E-state index in [-0.39, 0.29) is 6.61 Å². The highest BCUT2D eigenvalue weighted by Gasteiger charge is 2.39. The second-order valence-corrected chi connectivity index (χ2v) is 5.20. The lowest BCUT2D eigenvalue weighted by atomic mass is 9.86. The Hall–Kier alpha value is -1.75. The topological polar surface area (TPSA) is 67.8 Å². The van der Waals surface area contributed by atoms with Gasteiger partial charge in [0.05, 0.1) is 12.3 Å². The van der Waals surface area contributed by atoms with Crippen molar-refractivity contribution in [2.45, 2.75) is 45.1 Å². The summed E-state index contributed by atoms with van der Waals surface area (Å²) in [5.41, 5.74) is 1.17. The largest absolute Gasteiger partial charge is 0.494 e. The van der Waals surface area contributed by atoms with Gasteiger partial charge in [0, 0.05) is 12.2 Å². The summed E-state index contributed by atoms with van der Waals surface area (Å²) in [6.45, 7) is 4.78. The fraction of sp³-hybridized carbons (Fsp3) is 0.562. The average molecular weight is 293 g/mol. The quantitative estimate of drug-likeness (QED) is 0.756. The van der Waals surface area contributed by atoms with E-state index in [0.717, 1.165) is 42.7 Å². The molecule has 0 unspecified atom stereocenters. The zero-order valence-electron chi connectivity index (χ0n) is 12.6. The summed E-state index contributed by atoms with van der Waals surface area (Å²) in [4.78, 5) is 11.7. The first-order valence-electron chi connectivity index (χ1n) is 7.53. The standard InChI is InChI=1S/C16H23NO4/c1-3-16(4-2)13-11-12(20-10-6-5-9-18)7-8-14(13)17-15(19)21-16/h7-8,11,18H,3-6,9-10H2,1-2H3,(H,17,19). The first kappa shape index (κ1) is 15.6. The maximum atomic E-state index is 11.7. The van der Waals surface area contributed by atoms with E-state index in [9.17, 15) is 4.79 Å². The van der Waals surface area contributed by atoms with Crippen LogP contribution in [0.2, 0.25) is 0 Å². The second-order valence-electron chi connectivity index (χ2n) is 5.20. The van der Waals surface area contributed by atoms with Gasteiger partial charge in [0.25, 0.3) is 0 Å². The molecule has 1 aromatic rings. The van der Waals surface area contributed by atoms with Gasteiger partial charge in [-0.15, -0.1) is 0 Å². The highest BCUT2D eigenvalue weighted by molar-refractivity contribution is 5.89. The Morgan fingerprint density at radius 1 is 1.29 bits per heavy atom. The number of hydrogen-bond acceptors (Lipinski definition) is 4. The molecule has 0 aromatic heterocycles. The van der Waals surface area contributed by atoms with Gasteiger partial charge in [-0.2, -0.15) is 0 Å². The summed E-state index contributed by atoms with van der Waals surface area (Å²) in [5, 5.41) is 11.5. The van der Waals surface area contributed by atoms with Gasteiger partial charge < -0.3 is 14.6 Å². The number of aliphatic hydroxyl groups is 1. The van der Waals surface area contributed by atoms with Crippen LogP contribution in [-0.2, 0) is 10.3 Å². The van der Waals surface area contributed by atoms with Gasteiger partial charge in [-0.3, -0.25) is 5.32 Å². The molecule has 1 aliphatic heterocycles. The normalized spacial score (nSPS) is 15.9. The van der Waals surface area contributed by atoms with Crippen molar-refractivity contribution in [1.29, 1.82) is 0 Å². The molecule has 21 heavy (non-hydrogen) atoms. The number of fused-ring (bicyclic) bond motifs is 1.